The molecule has 140 heavy (non-hydrogen) atoms. The summed E-state index contributed by atoms with van der Waals surface area (Å²) in [6.07, 6.45) is -78.2. The van der Waals surface area contributed by atoms with Gasteiger partial charge < -0.3 is 166 Å². The van der Waals surface area contributed by atoms with Gasteiger partial charge in [-0.3, -0.25) is 95.9 Å². The Bertz CT molecular complexity index is 4270. The highest BCUT2D eigenvalue weighted by Gasteiger charge is 2.66. The fourth-order valence-corrected chi connectivity index (χ4v) is 16.1. The molecule has 1 N–H and O–H groups in total. The van der Waals surface area contributed by atoms with Crippen molar-refractivity contribution in [2.75, 3.05) is 52.7 Å². The van der Waals surface area contributed by atoms with Gasteiger partial charge in [-0.25, -0.2) is 0 Å². The zero-order valence-electron chi connectivity index (χ0n) is 79.7. The SMILES string of the molecule is C=CCNCC1OC2OC3C(COC(C)=O)OC(OC4C(COC(C)=O)OC(OC5C(COC(C)=O)OC(OC6C(COC(C)=O)OC(OC7C(COC(C)=O)OC(OC8C(COC(C)=O)OC(OC1C(OC(C)=O)C2OC(C)=O)C(OC(C)=O)C8OC(C)=O)C(OC(C)=O)C7OC(C)=O)C(OC(C)=O)C6OC(C)=O)C(OC(C)=O)C5OC(C)=O)C(OC(C)=O)C4OC(C)=O)C(OC(C)=O)C3OC(C)=O. The van der Waals surface area contributed by atoms with Crippen molar-refractivity contribution < 1.29 is 257 Å². The van der Waals surface area contributed by atoms with E-state index in [4.69, 9.17) is 161 Å². The van der Waals surface area contributed by atoms with E-state index >= 15 is 0 Å². The molecule has 55 nitrogen and oxygen atoms in total. The van der Waals surface area contributed by atoms with Gasteiger partial charge in [0.05, 0.1) is 0 Å². The van der Waals surface area contributed by atoms with Gasteiger partial charge in [-0.2, -0.15) is 0 Å². The minimum Gasteiger partial charge on any atom is -0.463 e. The summed E-state index contributed by atoms with van der Waals surface area (Å²) in [4.78, 5) is 275. The van der Waals surface area contributed by atoms with Crippen LogP contribution in [0.1, 0.15) is 138 Å². The maximum Gasteiger partial charge on any atom is 0.303 e. The fourth-order valence-electron chi connectivity index (χ4n) is 16.1. The molecule has 21 aliphatic heterocycles. The van der Waals surface area contributed by atoms with Crippen molar-refractivity contribution in [3.8, 4) is 0 Å². The van der Waals surface area contributed by atoms with E-state index in [2.05, 4.69) is 11.9 Å². The van der Waals surface area contributed by atoms with E-state index in [1.54, 1.807) is 0 Å². The molecular formula is C85H115NO54. The molecule has 55 heteroatoms. The Morgan fingerprint density at radius 3 is 0.429 bits per heavy atom. The molecule has 0 aromatic rings. The third-order valence-electron chi connectivity index (χ3n) is 20.7. The highest BCUT2D eigenvalue weighted by molar-refractivity contribution is 5.73. The van der Waals surface area contributed by atoms with Crippen LogP contribution in [0, 0.1) is 0 Å². The van der Waals surface area contributed by atoms with E-state index in [-0.39, 0.29) is 6.54 Å². The number of ether oxygens (including phenoxy) is 34. The van der Waals surface area contributed by atoms with Crippen LogP contribution in [0.5, 0.6) is 0 Å². The average molecular weight is 2010 g/mol. The quantitative estimate of drug-likeness (QED) is 0.0323. The fraction of sp³-hybridized carbons (Fsp3) is 0.741. The van der Waals surface area contributed by atoms with Gasteiger partial charge in [0.2, 0.25) is 0 Å². The molecule has 0 amide bonds. The minimum absolute atomic E-state index is 0.138. The summed E-state index contributed by atoms with van der Waals surface area (Å²) < 4.78 is 210. The number of hydrogen-bond acceptors (Lipinski definition) is 55. The molecule has 21 saturated heterocycles. The highest BCUT2D eigenvalue weighted by atomic mass is 16.8. The number of hydrogen-bond donors (Lipinski definition) is 1. The Labute approximate surface area is 797 Å². The van der Waals surface area contributed by atoms with Gasteiger partial charge in [0, 0.05) is 152 Å². The maximum absolute atomic E-state index is 14.0. The summed E-state index contributed by atoms with van der Waals surface area (Å²) in [5.74, 6) is -24.5. The minimum atomic E-state index is -2.46. The molecule has 0 aliphatic carbocycles. The molecule has 0 aromatic carbocycles. The normalized spacial score (nSPS) is 34.7. The summed E-state index contributed by atoms with van der Waals surface area (Å²) in [6, 6.07) is 0. The molecule has 0 saturated carbocycles. The average Bonchev–Trinajstić information content (AvgIpc) is 0.768. The van der Waals surface area contributed by atoms with E-state index in [1.807, 2.05) is 0 Å². The number of carbonyl (C=O) groups is 20. The molecule has 21 heterocycles. The summed E-state index contributed by atoms with van der Waals surface area (Å²) in [5, 5.41) is 2.99. The Kier molecular flexibility index (Phi) is 42.5. The van der Waals surface area contributed by atoms with Crippen LogP contribution in [0.2, 0.25) is 0 Å². The molecule has 14 bridgehead atoms. The highest BCUT2D eigenvalue weighted by Crippen LogP contribution is 2.45. The number of nitrogens with one attached hydrogen (secondary N) is 1. The standard InChI is InChI=1S/C85H115NO54/c1-22-23-86-24-51-58-65(113-37(8)93)72(120-44(15)100)79(127-51)135-59-52(25-107-31(2)87)129-81(74(122-46(17)102)66(59)114-38(9)94)137-61-54(27-109-33(4)89)131-83(76(124-48(19)104)68(61)116-40(11)96)139-63-56(29-111-35(6)91)133-85(78(126-50(21)106)70(63)118-42(13)98)140-64-57(30-112-36(7)92)132-84(77(125-49(20)105)71(64)119-43(14)99)138-62-55(28-110-34(5)90)130-82(75(123-47(18)103)69(62)117-41(12)97)136-60-53(26-108-32(3)88)128-80(134-58)73(121-45(16)101)67(60)115-39(10)95/h22,51-86H,1,23-30H2,2-21H3. The second-order valence-electron chi connectivity index (χ2n) is 32.3. The first-order valence-corrected chi connectivity index (χ1v) is 43.5. The molecule has 21 rings (SSSR count). The lowest BCUT2D eigenvalue weighted by molar-refractivity contribution is -0.396. The van der Waals surface area contributed by atoms with Crippen molar-refractivity contribution in [2.45, 2.75) is 353 Å². The second-order valence-corrected chi connectivity index (χ2v) is 32.3. The van der Waals surface area contributed by atoms with Gasteiger partial charge in [-0.15, -0.1) is 6.58 Å². The topological polar surface area (TPSA) is 667 Å². The molecule has 0 aromatic heterocycles. The second kappa shape index (κ2) is 52.3. The van der Waals surface area contributed by atoms with E-state index in [0.29, 0.717) is 0 Å². The lowest BCUT2D eigenvalue weighted by Gasteiger charge is -2.52. The van der Waals surface area contributed by atoms with E-state index in [9.17, 15) is 95.9 Å². The summed E-state index contributed by atoms with van der Waals surface area (Å²) in [7, 11) is 0. The van der Waals surface area contributed by atoms with Crippen molar-refractivity contribution in [2.24, 2.45) is 0 Å². The third kappa shape index (κ3) is 32.5. The van der Waals surface area contributed by atoms with Crippen LogP contribution < -0.4 is 5.32 Å². The van der Waals surface area contributed by atoms with Crippen LogP contribution in [-0.2, 0) is 257 Å². The van der Waals surface area contributed by atoms with Crippen LogP contribution in [0.3, 0.4) is 0 Å². The van der Waals surface area contributed by atoms with E-state index < -0.39 is 381 Å². The van der Waals surface area contributed by atoms with Gasteiger partial charge in [0.15, 0.2) is 129 Å². The monoisotopic (exact) mass is 2010 g/mol. The zero-order valence-corrected chi connectivity index (χ0v) is 79.7. The van der Waals surface area contributed by atoms with Crippen LogP contribution in [0.4, 0.5) is 0 Å². The third-order valence-corrected chi connectivity index (χ3v) is 20.7. The Hall–Kier alpha value is -11.5. The van der Waals surface area contributed by atoms with Crippen molar-refractivity contribution in [3.63, 3.8) is 0 Å². The Morgan fingerprint density at radius 2 is 0.307 bits per heavy atom. The first-order valence-electron chi connectivity index (χ1n) is 43.5. The van der Waals surface area contributed by atoms with Gasteiger partial charge in [-0.05, 0) is 0 Å². The first kappa shape index (κ1) is 114. The largest absolute Gasteiger partial charge is 0.463 e. The van der Waals surface area contributed by atoms with Crippen LogP contribution in [0.15, 0.2) is 12.7 Å². The predicted molar refractivity (Wildman–Crippen MR) is 435 cm³/mol. The molecule has 21 aliphatic rings. The van der Waals surface area contributed by atoms with Crippen molar-refractivity contribution in [1.82, 2.24) is 5.32 Å². The lowest BCUT2D eigenvalue weighted by Crippen LogP contribution is -2.70. The van der Waals surface area contributed by atoms with Gasteiger partial charge in [0.1, 0.15) is 125 Å². The maximum atomic E-state index is 14.0. The molecule has 784 valence electrons. The summed E-state index contributed by atoms with van der Waals surface area (Å²) in [6.45, 7) is 13.4. The molecule has 0 spiro atoms. The van der Waals surface area contributed by atoms with Gasteiger partial charge in [-0.1, -0.05) is 6.08 Å². The van der Waals surface area contributed by atoms with Gasteiger partial charge in [0.25, 0.3) is 0 Å². The van der Waals surface area contributed by atoms with Crippen molar-refractivity contribution in [1.29, 1.82) is 0 Å². The zero-order chi connectivity index (χ0) is 104. The Morgan fingerprint density at radius 1 is 0.186 bits per heavy atom. The van der Waals surface area contributed by atoms with Crippen LogP contribution in [0.25, 0.3) is 0 Å². The Balaban J connectivity index is 1.51. The molecule has 35 unspecified atom stereocenters. The van der Waals surface area contributed by atoms with E-state index in [0.717, 1.165) is 138 Å². The summed E-state index contributed by atoms with van der Waals surface area (Å²) >= 11 is 0. The molecule has 21 fully saturated rings. The first-order chi connectivity index (χ1) is 65.8. The number of carbonyl (C=O) groups excluding carboxylic acids is 20. The lowest BCUT2D eigenvalue weighted by atomic mass is 9.94. The summed E-state index contributed by atoms with van der Waals surface area (Å²) in [5.41, 5.74) is 0. The van der Waals surface area contributed by atoms with E-state index in [1.165, 1.54) is 6.08 Å². The van der Waals surface area contributed by atoms with Crippen LogP contribution >= 0.6 is 0 Å². The van der Waals surface area contributed by atoms with Crippen LogP contribution in [-0.4, -0.2) is 387 Å². The molecular weight excluding hydrogens is 1900 g/mol. The molecule has 35 atom stereocenters. The van der Waals surface area contributed by atoms with Crippen molar-refractivity contribution >= 4 is 119 Å². The van der Waals surface area contributed by atoms with Gasteiger partial charge >= 0.3 is 119 Å². The van der Waals surface area contributed by atoms with Crippen molar-refractivity contribution in [3.05, 3.63) is 12.7 Å². The predicted octanol–water partition coefficient (Wildman–Crippen LogP) is -3.03. The number of rotatable bonds is 30. The molecule has 0 radical (unpaired) electrons. The smallest absolute Gasteiger partial charge is 0.303 e. The number of esters is 20.